The van der Waals surface area contributed by atoms with E-state index in [2.05, 4.69) is 15.4 Å². The molecule has 6 heavy (non-hydrogen) atoms. The van der Waals surface area contributed by atoms with E-state index in [0.29, 0.717) is 0 Å². The highest BCUT2D eigenvalue weighted by atomic mass is 15.3. The zero-order chi connectivity index (χ0) is 4.41. The predicted molar refractivity (Wildman–Crippen MR) is 19.1 cm³/mol. The molecule has 0 aliphatic rings. The maximum atomic E-state index is 6.67. The van der Waals surface area contributed by atoms with E-state index in [4.69, 9.17) is 5.73 Å². The maximum absolute atomic E-state index is 6.67. The first-order chi connectivity index (χ1) is 2.89. The summed E-state index contributed by atoms with van der Waals surface area (Å²) >= 11 is 0. The summed E-state index contributed by atoms with van der Waals surface area (Å²) in [5, 5.41) is 8.92. The van der Waals surface area contributed by atoms with Crippen molar-refractivity contribution in [2.24, 2.45) is 0 Å². The predicted octanol–water partition coefficient (Wildman–Crippen LogP) is -0.281. The van der Waals surface area contributed by atoms with E-state index in [-0.39, 0.29) is 5.82 Å². The lowest BCUT2D eigenvalue weighted by atomic mass is 10.8. The third kappa shape index (κ3) is 0.314. The average Bonchev–Trinajstić information content (AvgIpc) is 1.86. The van der Waals surface area contributed by atoms with E-state index >= 15 is 0 Å². The quantitative estimate of drug-likeness (QED) is 0.468. The SMILES string of the molecule is [NH]c1c[nH]nn1. The molecule has 0 fully saturated rings. The van der Waals surface area contributed by atoms with Crippen molar-refractivity contribution < 1.29 is 0 Å². The molecule has 0 aromatic carbocycles. The van der Waals surface area contributed by atoms with Gasteiger partial charge in [-0.3, -0.25) is 10.8 Å². The van der Waals surface area contributed by atoms with Gasteiger partial charge in [0.1, 0.15) is 0 Å². The molecule has 1 radical (unpaired) electrons. The van der Waals surface area contributed by atoms with Gasteiger partial charge in [-0.1, -0.05) is 5.21 Å². The van der Waals surface area contributed by atoms with Crippen LogP contribution in [0.1, 0.15) is 0 Å². The van der Waals surface area contributed by atoms with Crippen LogP contribution < -0.4 is 5.73 Å². The molecule has 1 aromatic rings. The summed E-state index contributed by atoms with van der Waals surface area (Å²) in [7, 11) is 0. The minimum atomic E-state index is 0.176. The molecule has 31 valence electrons. The van der Waals surface area contributed by atoms with Crippen molar-refractivity contribution in [1.82, 2.24) is 21.1 Å². The summed E-state index contributed by atoms with van der Waals surface area (Å²) in [6.07, 6.45) is 1.40. The number of nitrogens with zero attached hydrogens (tertiary/aromatic N) is 2. The lowest BCUT2D eigenvalue weighted by Gasteiger charge is -1.61. The summed E-state index contributed by atoms with van der Waals surface area (Å²) < 4.78 is 0. The molecule has 0 aliphatic carbocycles. The van der Waals surface area contributed by atoms with E-state index in [1.165, 1.54) is 6.20 Å². The number of nitrogens with one attached hydrogen (secondary N) is 2. The molecule has 0 spiro atoms. The minimum absolute atomic E-state index is 0.176. The Morgan fingerprint density at radius 3 is 2.83 bits per heavy atom. The Kier molecular flexibility index (Phi) is 0.506. The molecule has 0 aliphatic heterocycles. The van der Waals surface area contributed by atoms with Crippen LogP contribution in [0.2, 0.25) is 0 Å². The highest BCUT2D eigenvalue weighted by Gasteiger charge is 1.78. The van der Waals surface area contributed by atoms with Gasteiger partial charge >= 0.3 is 0 Å². The lowest BCUT2D eigenvalue weighted by molar-refractivity contribution is 0.938. The first kappa shape index (κ1) is 3.14. The van der Waals surface area contributed by atoms with Crippen LogP contribution in [0, 0.1) is 0 Å². The molecule has 0 unspecified atom stereocenters. The van der Waals surface area contributed by atoms with Crippen molar-refractivity contribution in [2.45, 2.75) is 0 Å². The second-order valence-electron chi connectivity index (χ2n) is 0.859. The van der Waals surface area contributed by atoms with Crippen molar-refractivity contribution >= 4 is 5.82 Å². The van der Waals surface area contributed by atoms with Gasteiger partial charge in [-0.25, -0.2) is 0 Å². The molecule has 4 nitrogen and oxygen atoms in total. The third-order valence-electron chi connectivity index (χ3n) is 0.417. The van der Waals surface area contributed by atoms with Gasteiger partial charge in [-0.05, 0) is 0 Å². The molecule has 0 saturated heterocycles. The molecular weight excluding hydrogens is 80.0 g/mol. The third-order valence-corrected chi connectivity index (χ3v) is 0.417. The van der Waals surface area contributed by atoms with Crippen molar-refractivity contribution in [3.8, 4) is 0 Å². The van der Waals surface area contributed by atoms with Gasteiger partial charge in [-0.2, -0.15) is 0 Å². The molecule has 0 atom stereocenters. The highest BCUT2D eigenvalue weighted by molar-refractivity contribution is 5.12. The van der Waals surface area contributed by atoms with Gasteiger partial charge < -0.3 is 0 Å². The van der Waals surface area contributed by atoms with Crippen LogP contribution in [0.4, 0.5) is 5.82 Å². The van der Waals surface area contributed by atoms with Crippen LogP contribution >= 0.6 is 0 Å². The highest BCUT2D eigenvalue weighted by Crippen LogP contribution is 1.85. The first-order valence-corrected chi connectivity index (χ1v) is 1.47. The maximum Gasteiger partial charge on any atom is 0.186 e. The number of H-pyrrole nitrogens is 1. The molecule has 2 N–H and O–H groups in total. The number of aromatic nitrogens is 3. The summed E-state index contributed by atoms with van der Waals surface area (Å²) in [5.74, 6) is 0.176. The summed E-state index contributed by atoms with van der Waals surface area (Å²) in [6.45, 7) is 0. The molecular formula is C2H3N4. The second-order valence-corrected chi connectivity index (χ2v) is 0.859. The molecule has 0 amide bonds. The fraction of sp³-hybridized carbons (Fsp3) is 0. The Bertz CT molecular complexity index is 109. The summed E-state index contributed by atoms with van der Waals surface area (Å²) in [4.78, 5) is 0. The van der Waals surface area contributed by atoms with Crippen LogP contribution in [0.3, 0.4) is 0 Å². The Morgan fingerprint density at radius 1 is 1.83 bits per heavy atom. The van der Waals surface area contributed by atoms with Crippen LogP contribution in [0.15, 0.2) is 6.20 Å². The van der Waals surface area contributed by atoms with Crippen molar-refractivity contribution in [3.05, 3.63) is 6.20 Å². The normalized spacial score (nSPS) is 8.67. The number of rotatable bonds is 0. The monoisotopic (exact) mass is 83.0 g/mol. The van der Waals surface area contributed by atoms with Crippen LogP contribution in [0.5, 0.6) is 0 Å². The lowest BCUT2D eigenvalue weighted by Crippen LogP contribution is -1.65. The van der Waals surface area contributed by atoms with E-state index in [1.54, 1.807) is 0 Å². The van der Waals surface area contributed by atoms with E-state index in [9.17, 15) is 0 Å². The van der Waals surface area contributed by atoms with Crippen LogP contribution in [0.25, 0.3) is 0 Å². The van der Waals surface area contributed by atoms with Crippen molar-refractivity contribution in [3.63, 3.8) is 0 Å². The molecule has 1 heterocycles. The van der Waals surface area contributed by atoms with Gasteiger partial charge in [0.2, 0.25) is 0 Å². The second kappa shape index (κ2) is 0.965. The molecule has 1 rings (SSSR count). The zero-order valence-corrected chi connectivity index (χ0v) is 2.97. The van der Waals surface area contributed by atoms with E-state index in [0.717, 1.165) is 0 Å². The molecule has 4 heteroatoms. The number of hydrogen-bond donors (Lipinski definition) is 1. The Morgan fingerprint density at radius 2 is 2.67 bits per heavy atom. The first-order valence-electron chi connectivity index (χ1n) is 1.47. The molecule has 0 saturated carbocycles. The van der Waals surface area contributed by atoms with E-state index < -0.39 is 0 Å². The molecule has 1 aromatic heterocycles. The average molecular weight is 83.1 g/mol. The number of hydrogen-bond acceptors (Lipinski definition) is 2. The minimum Gasteiger partial charge on any atom is -0.280 e. The summed E-state index contributed by atoms with van der Waals surface area (Å²) in [5.41, 5.74) is 6.67. The van der Waals surface area contributed by atoms with Crippen LogP contribution in [-0.4, -0.2) is 15.4 Å². The van der Waals surface area contributed by atoms with Gasteiger partial charge in [0.25, 0.3) is 0 Å². The smallest absolute Gasteiger partial charge is 0.186 e. The topological polar surface area (TPSA) is 65.4 Å². The fourth-order valence-corrected chi connectivity index (χ4v) is 0.202. The zero-order valence-electron chi connectivity index (χ0n) is 2.97. The Labute approximate surface area is 34.4 Å². The van der Waals surface area contributed by atoms with Gasteiger partial charge in [0, 0.05) is 0 Å². The standard InChI is InChI=1S/C2H3N4/c3-2-1-4-6-5-2/h1,3H,(H,4,5,6). The summed E-state index contributed by atoms with van der Waals surface area (Å²) in [6, 6.07) is 0. The Hall–Kier alpha value is -1.06. The van der Waals surface area contributed by atoms with Gasteiger partial charge in [0.05, 0.1) is 6.20 Å². The number of aromatic amines is 1. The van der Waals surface area contributed by atoms with Crippen molar-refractivity contribution in [2.75, 3.05) is 0 Å². The largest absolute Gasteiger partial charge is 0.280 e. The van der Waals surface area contributed by atoms with Crippen LogP contribution in [-0.2, 0) is 0 Å². The molecule has 0 bridgehead atoms. The van der Waals surface area contributed by atoms with Crippen molar-refractivity contribution in [1.29, 1.82) is 0 Å². The van der Waals surface area contributed by atoms with Gasteiger partial charge in [-0.15, -0.1) is 5.10 Å². The van der Waals surface area contributed by atoms with Gasteiger partial charge in [0.15, 0.2) is 5.82 Å². The fourth-order valence-electron chi connectivity index (χ4n) is 0.202. The van der Waals surface area contributed by atoms with E-state index in [1.807, 2.05) is 0 Å². The Balaban J connectivity index is 3.05.